The first-order valence-electron chi connectivity index (χ1n) is 10.9. The van der Waals surface area contributed by atoms with Crippen LogP contribution in [0.25, 0.3) is 21.7 Å². The molecule has 34 heavy (non-hydrogen) atoms. The Balaban J connectivity index is 1.67. The second-order valence-electron chi connectivity index (χ2n) is 8.77. The van der Waals surface area contributed by atoms with Gasteiger partial charge in [-0.3, -0.25) is 9.78 Å². The van der Waals surface area contributed by atoms with Crippen molar-refractivity contribution in [3.05, 3.63) is 65.2 Å². The van der Waals surface area contributed by atoms with Crippen LogP contribution in [0, 0.1) is 5.82 Å². The normalized spacial score (nSPS) is 15.8. The maximum atomic E-state index is 13.7. The van der Waals surface area contributed by atoms with Crippen LogP contribution in [0.2, 0.25) is 0 Å². The lowest BCUT2D eigenvalue weighted by Crippen LogP contribution is -2.42. The fourth-order valence-electron chi connectivity index (χ4n) is 4.55. The van der Waals surface area contributed by atoms with Gasteiger partial charge in [-0.15, -0.1) is 0 Å². The number of phenolic OH excluding ortho intramolecular Hbond substituents is 1. The maximum Gasteiger partial charge on any atom is 0.255 e. The number of phenols is 1. The van der Waals surface area contributed by atoms with E-state index in [4.69, 9.17) is 0 Å². The molecule has 9 heteroatoms. The molecule has 3 heterocycles. The smallest absolute Gasteiger partial charge is 0.255 e. The third kappa shape index (κ3) is 3.70. The van der Waals surface area contributed by atoms with Crippen LogP contribution in [0.5, 0.6) is 11.6 Å². The first-order chi connectivity index (χ1) is 16.1. The predicted molar refractivity (Wildman–Crippen MR) is 121 cm³/mol. The zero-order chi connectivity index (χ0) is 24.2. The second-order valence-corrected chi connectivity index (χ2v) is 8.77. The summed E-state index contributed by atoms with van der Waals surface area (Å²) < 4.78 is 42.1. The Bertz CT molecular complexity index is 1420. The van der Waals surface area contributed by atoms with Gasteiger partial charge < -0.3 is 19.7 Å². The van der Waals surface area contributed by atoms with E-state index in [-0.39, 0.29) is 47.0 Å². The lowest BCUT2D eigenvalue weighted by molar-refractivity contribution is -0.0493. The third-order valence-corrected chi connectivity index (χ3v) is 6.41. The van der Waals surface area contributed by atoms with Crippen molar-refractivity contribution in [2.75, 3.05) is 13.1 Å². The van der Waals surface area contributed by atoms with Crippen LogP contribution in [0.3, 0.4) is 0 Å². The maximum absolute atomic E-state index is 13.7. The lowest BCUT2D eigenvalue weighted by atomic mass is 9.96. The SMILES string of the molecule is Cn1cc2c(C(=O)N3CCC(F)(F)CC3)c3cc(Cc4ccc(F)cc4)cnc3c(O)c2c1O. The summed E-state index contributed by atoms with van der Waals surface area (Å²) in [4.78, 5) is 19.4. The number of hydrogen-bond donors (Lipinski definition) is 2. The Kier molecular flexibility index (Phi) is 5.15. The highest BCUT2D eigenvalue weighted by Gasteiger charge is 2.37. The molecule has 1 amide bonds. The topological polar surface area (TPSA) is 78.6 Å². The Hall–Kier alpha value is -3.75. The summed E-state index contributed by atoms with van der Waals surface area (Å²) in [5, 5.41) is 22.2. The quantitative estimate of drug-likeness (QED) is 0.454. The van der Waals surface area contributed by atoms with Crippen LogP contribution in [0.15, 0.2) is 42.7 Å². The van der Waals surface area contributed by atoms with Gasteiger partial charge in [0.05, 0.1) is 10.9 Å². The molecule has 1 aliphatic heterocycles. The number of aromatic hydroxyl groups is 2. The monoisotopic (exact) mass is 469 g/mol. The number of carbonyl (C=O) groups excluding carboxylic acids is 1. The molecular weight excluding hydrogens is 447 g/mol. The number of benzene rings is 2. The number of alkyl halides is 2. The molecule has 176 valence electrons. The first kappa shape index (κ1) is 22.1. The fourth-order valence-corrected chi connectivity index (χ4v) is 4.55. The van der Waals surface area contributed by atoms with Gasteiger partial charge >= 0.3 is 0 Å². The minimum Gasteiger partial charge on any atom is -0.505 e. The van der Waals surface area contributed by atoms with Gasteiger partial charge in [-0.25, -0.2) is 13.2 Å². The summed E-state index contributed by atoms with van der Waals surface area (Å²) in [7, 11) is 1.57. The average molecular weight is 469 g/mol. The molecule has 0 saturated carbocycles. The van der Waals surface area contributed by atoms with Crippen LogP contribution in [0.4, 0.5) is 13.2 Å². The molecule has 4 aromatic rings. The summed E-state index contributed by atoms with van der Waals surface area (Å²) in [5.74, 6) is -4.12. The van der Waals surface area contributed by atoms with E-state index in [1.807, 2.05) is 0 Å². The molecule has 1 saturated heterocycles. The largest absolute Gasteiger partial charge is 0.505 e. The summed E-state index contributed by atoms with van der Waals surface area (Å²) in [6, 6.07) is 7.73. The summed E-state index contributed by atoms with van der Waals surface area (Å²) in [5.41, 5.74) is 1.87. The van der Waals surface area contributed by atoms with E-state index in [1.54, 1.807) is 31.4 Å². The third-order valence-electron chi connectivity index (χ3n) is 6.41. The van der Waals surface area contributed by atoms with Gasteiger partial charge in [-0.2, -0.15) is 0 Å². The van der Waals surface area contributed by atoms with Crippen LogP contribution in [-0.4, -0.2) is 49.6 Å². The molecule has 0 unspecified atom stereocenters. The van der Waals surface area contributed by atoms with Crippen LogP contribution in [0.1, 0.15) is 34.3 Å². The molecule has 0 spiro atoms. The lowest BCUT2D eigenvalue weighted by Gasteiger charge is -2.32. The number of likely N-dealkylation sites (tertiary alicyclic amines) is 1. The average Bonchev–Trinajstić information content (AvgIpc) is 3.09. The molecule has 0 atom stereocenters. The molecule has 1 fully saturated rings. The number of aryl methyl sites for hydroxylation is 1. The Morgan fingerprint density at radius 1 is 1.09 bits per heavy atom. The zero-order valence-corrected chi connectivity index (χ0v) is 18.4. The van der Waals surface area contributed by atoms with Crippen molar-refractivity contribution >= 4 is 27.6 Å². The van der Waals surface area contributed by atoms with E-state index < -0.39 is 24.7 Å². The second kappa shape index (κ2) is 7.93. The molecule has 0 radical (unpaired) electrons. The molecule has 0 bridgehead atoms. The van der Waals surface area contributed by atoms with Crippen molar-refractivity contribution in [2.45, 2.75) is 25.2 Å². The van der Waals surface area contributed by atoms with Crippen molar-refractivity contribution in [3.8, 4) is 11.6 Å². The molecular formula is C25H22F3N3O3. The molecule has 1 aliphatic rings. The standard InChI is InChI=1S/C25H22F3N3O3/c1-30-13-18-19(24(34)31-8-6-25(27,28)7-9-31)17-11-15(10-14-2-4-16(26)5-3-14)12-29-21(17)22(32)20(18)23(30)33/h2-5,11-13,32-33H,6-10H2,1H3. The van der Waals surface area contributed by atoms with Gasteiger partial charge in [0, 0.05) is 56.1 Å². The number of nitrogens with zero attached hydrogens (tertiary/aromatic N) is 3. The zero-order valence-electron chi connectivity index (χ0n) is 18.4. The van der Waals surface area contributed by atoms with Gasteiger partial charge in [-0.05, 0) is 35.7 Å². The van der Waals surface area contributed by atoms with Crippen molar-refractivity contribution in [1.82, 2.24) is 14.5 Å². The molecule has 5 rings (SSSR count). The summed E-state index contributed by atoms with van der Waals surface area (Å²) in [6.45, 7) is -0.200. The first-order valence-corrected chi connectivity index (χ1v) is 10.9. The number of rotatable bonds is 3. The van der Waals surface area contributed by atoms with Crippen LogP contribution in [-0.2, 0) is 13.5 Å². The number of hydrogen-bond acceptors (Lipinski definition) is 4. The van der Waals surface area contributed by atoms with E-state index >= 15 is 0 Å². The van der Waals surface area contributed by atoms with Crippen LogP contribution < -0.4 is 0 Å². The Morgan fingerprint density at radius 3 is 2.44 bits per heavy atom. The van der Waals surface area contributed by atoms with Crippen molar-refractivity contribution in [3.63, 3.8) is 0 Å². The molecule has 0 aliphatic carbocycles. The van der Waals surface area contributed by atoms with E-state index in [1.165, 1.54) is 27.8 Å². The highest BCUT2D eigenvalue weighted by molar-refractivity contribution is 6.21. The number of fused-ring (bicyclic) bond motifs is 2. The minimum absolute atomic E-state index is 0.0828. The number of amides is 1. The van der Waals surface area contributed by atoms with E-state index in [2.05, 4.69) is 4.98 Å². The fraction of sp³-hybridized carbons (Fsp3) is 0.280. The number of piperidine rings is 1. The molecule has 2 N–H and O–H groups in total. The highest BCUT2D eigenvalue weighted by Crippen LogP contribution is 2.43. The van der Waals surface area contributed by atoms with E-state index in [9.17, 15) is 28.2 Å². The number of halogens is 3. The minimum atomic E-state index is -2.81. The van der Waals surface area contributed by atoms with Gasteiger partial charge in [0.25, 0.3) is 11.8 Å². The summed E-state index contributed by atoms with van der Waals surface area (Å²) in [6.07, 6.45) is 2.64. The number of carbonyl (C=O) groups is 1. The molecule has 2 aromatic carbocycles. The molecule has 6 nitrogen and oxygen atoms in total. The highest BCUT2D eigenvalue weighted by atomic mass is 19.3. The van der Waals surface area contributed by atoms with Gasteiger partial charge in [0.2, 0.25) is 5.88 Å². The summed E-state index contributed by atoms with van der Waals surface area (Å²) >= 11 is 0. The van der Waals surface area contributed by atoms with Crippen molar-refractivity contribution in [1.29, 1.82) is 0 Å². The van der Waals surface area contributed by atoms with E-state index in [0.29, 0.717) is 17.2 Å². The Labute approximate surface area is 192 Å². The van der Waals surface area contributed by atoms with Gasteiger partial charge in [0.1, 0.15) is 11.3 Å². The van der Waals surface area contributed by atoms with Crippen molar-refractivity contribution < 1.29 is 28.2 Å². The van der Waals surface area contributed by atoms with Gasteiger partial charge in [-0.1, -0.05) is 12.1 Å². The van der Waals surface area contributed by atoms with Crippen LogP contribution >= 0.6 is 0 Å². The van der Waals surface area contributed by atoms with Gasteiger partial charge in [0.15, 0.2) is 5.75 Å². The number of pyridine rings is 1. The van der Waals surface area contributed by atoms with E-state index in [0.717, 1.165) is 11.1 Å². The predicted octanol–water partition coefficient (Wildman–Crippen LogP) is 4.74. The molecule has 2 aromatic heterocycles. The van der Waals surface area contributed by atoms with Crippen molar-refractivity contribution in [2.24, 2.45) is 7.05 Å². The Morgan fingerprint density at radius 2 is 1.76 bits per heavy atom. The number of aromatic nitrogens is 2.